The first-order chi connectivity index (χ1) is 9.74. The second-order valence-corrected chi connectivity index (χ2v) is 5.03. The molecular formula is C15H19N5. The van der Waals surface area contributed by atoms with E-state index in [2.05, 4.69) is 46.0 Å². The van der Waals surface area contributed by atoms with Crippen LogP contribution in [0, 0.1) is 13.8 Å². The molecule has 0 aliphatic carbocycles. The molecule has 3 aromatic heterocycles. The Morgan fingerprint density at radius 3 is 2.95 bits per heavy atom. The third kappa shape index (κ3) is 2.58. The van der Waals surface area contributed by atoms with E-state index < -0.39 is 0 Å². The molecule has 0 amide bonds. The first-order valence-electron chi connectivity index (χ1n) is 6.86. The number of aryl methyl sites for hydroxylation is 2. The highest BCUT2D eigenvalue weighted by atomic mass is 15.3. The lowest BCUT2D eigenvalue weighted by Crippen LogP contribution is -2.21. The quantitative estimate of drug-likeness (QED) is 0.720. The van der Waals surface area contributed by atoms with Crippen LogP contribution in [0.4, 0.5) is 0 Å². The van der Waals surface area contributed by atoms with Gasteiger partial charge < -0.3 is 9.72 Å². The smallest absolute Gasteiger partial charge is 0.137 e. The van der Waals surface area contributed by atoms with E-state index in [0.29, 0.717) is 0 Å². The molecule has 0 spiro atoms. The molecule has 3 heterocycles. The van der Waals surface area contributed by atoms with Crippen molar-refractivity contribution in [2.45, 2.75) is 26.9 Å². The van der Waals surface area contributed by atoms with Gasteiger partial charge in [-0.15, -0.1) is 0 Å². The van der Waals surface area contributed by atoms with E-state index in [1.807, 2.05) is 29.1 Å². The lowest BCUT2D eigenvalue weighted by molar-refractivity contribution is 0.550. The zero-order valence-electron chi connectivity index (χ0n) is 11.9. The number of aromatic nitrogens is 4. The fourth-order valence-corrected chi connectivity index (χ4v) is 2.37. The summed E-state index contributed by atoms with van der Waals surface area (Å²) in [5, 5.41) is 7.73. The van der Waals surface area contributed by atoms with Gasteiger partial charge in [-0.2, -0.15) is 5.10 Å². The Hall–Kier alpha value is -2.14. The minimum Gasteiger partial charge on any atom is -0.309 e. The average Bonchev–Trinajstić information content (AvgIpc) is 2.98. The van der Waals surface area contributed by atoms with Crippen molar-refractivity contribution in [3.05, 3.63) is 53.7 Å². The molecule has 20 heavy (non-hydrogen) atoms. The summed E-state index contributed by atoms with van der Waals surface area (Å²) >= 11 is 0. The van der Waals surface area contributed by atoms with Crippen molar-refractivity contribution in [1.29, 1.82) is 0 Å². The zero-order chi connectivity index (χ0) is 13.9. The van der Waals surface area contributed by atoms with Crippen molar-refractivity contribution in [3.8, 4) is 0 Å². The van der Waals surface area contributed by atoms with Gasteiger partial charge in [-0.1, -0.05) is 6.07 Å². The zero-order valence-corrected chi connectivity index (χ0v) is 11.9. The van der Waals surface area contributed by atoms with Crippen molar-refractivity contribution < 1.29 is 0 Å². The summed E-state index contributed by atoms with van der Waals surface area (Å²) in [4.78, 5) is 4.56. The highest BCUT2D eigenvalue weighted by Gasteiger charge is 2.07. The van der Waals surface area contributed by atoms with Crippen LogP contribution in [0.3, 0.4) is 0 Å². The van der Waals surface area contributed by atoms with Gasteiger partial charge in [-0.3, -0.25) is 4.68 Å². The van der Waals surface area contributed by atoms with Crippen LogP contribution >= 0.6 is 0 Å². The summed E-state index contributed by atoms with van der Waals surface area (Å²) < 4.78 is 4.10. The molecule has 3 rings (SSSR count). The predicted octanol–water partition coefficient (Wildman–Crippen LogP) is 1.94. The highest BCUT2D eigenvalue weighted by molar-refractivity contribution is 5.42. The highest BCUT2D eigenvalue weighted by Crippen LogP contribution is 2.11. The van der Waals surface area contributed by atoms with Crippen LogP contribution in [0.2, 0.25) is 0 Å². The molecule has 1 N–H and O–H groups in total. The van der Waals surface area contributed by atoms with Crippen LogP contribution in [0.15, 0.2) is 36.8 Å². The summed E-state index contributed by atoms with van der Waals surface area (Å²) in [5.41, 5.74) is 4.50. The molecule has 0 fully saturated rings. The van der Waals surface area contributed by atoms with Crippen LogP contribution in [-0.4, -0.2) is 25.7 Å². The van der Waals surface area contributed by atoms with Gasteiger partial charge in [0.15, 0.2) is 0 Å². The molecule has 0 saturated carbocycles. The SMILES string of the molecule is Cc1cnn(CCNCc2c(C)nc3ccccn23)c1. The third-order valence-electron chi connectivity index (χ3n) is 3.40. The number of hydrogen-bond donors (Lipinski definition) is 1. The molecule has 0 bridgehead atoms. The number of nitrogens with one attached hydrogen (secondary N) is 1. The normalized spacial score (nSPS) is 11.3. The molecule has 0 saturated heterocycles. The van der Waals surface area contributed by atoms with E-state index in [1.165, 1.54) is 11.3 Å². The monoisotopic (exact) mass is 269 g/mol. The van der Waals surface area contributed by atoms with Crippen LogP contribution < -0.4 is 5.32 Å². The van der Waals surface area contributed by atoms with Gasteiger partial charge >= 0.3 is 0 Å². The lowest BCUT2D eigenvalue weighted by Gasteiger charge is -2.06. The van der Waals surface area contributed by atoms with Crippen molar-refractivity contribution in [1.82, 2.24) is 24.5 Å². The molecule has 0 aliphatic heterocycles. The predicted molar refractivity (Wildman–Crippen MR) is 78.6 cm³/mol. The van der Waals surface area contributed by atoms with Crippen molar-refractivity contribution in [2.24, 2.45) is 0 Å². The van der Waals surface area contributed by atoms with Crippen molar-refractivity contribution >= 4 is 5.65 Å². The molecule has 5 heteroatoms. The minimum absolute atomic E-state index is 0.817. The first kappa shape index (κ1) is 12.9. The summed E-state index contributed by atoms with van der Waals surface area (Å²) in [7, 11) is 0. The van der Waals surface area contributed by atoms with Gasteiger partial charge in [0.05, 0.1) is 24.1 Å². The van der Waals surface area contributed by atoms with Crippen LogP contribution in [0.1, 0.15) is 17.0 Å². The molecule has 0 aliphatic rings. The van der Waals surface area contributed by atoms with E-state index in [0.717, 1.165) is 31.0 Å². The Bertz CT molecular complexity index is 710. The molecule has 5 nitrogen and oxygen atoms in total. The largest absolute Gasteiger partial charge is 0.309 e. The fourth-order valence-electron chi connectivity index (χ4n) is 2.37. The maximum absolute atomic E-state index is 4.56. The molecule has 0 unspecified atom stereocenters. The fraction of sp³-hybridized carbons (Fsp3) is 0.333. The Balaban J connectivity index is 1.61. The van der Waals surface area contributed by atoms with Gasteiger partial charge in [0.2, 0.25) is 0 Å². The van der Waals surface area contributed by atoms with Gasteiger partial charge in [0.1, 0.15) is 5.65 Å². The Morgan fingerprint density at radius 1 is 1.25 bits per heavy atom. The van der Waals surface area contributed by atoms with Gasteiger partial charge in [-0.05, 0) is 31.5 Å². The molecule has 0 aromatic carbocycles. The molecular weight excluding hydrogens is 250 g/mol. The van der Waals surface area contributed by atoms with Crippen LogP contribution in [-0.2, 0) is 13.1 Å². The topological polar surface area (TPSA) is 47.2 Å². The standard InChI is InChI=1S/C15H19N5/c1-12-9-17-19(11-12)8-6-16-10-14-13(2)18-15-5-3-4-7-20(14)15/h3-5,7,9,11,16H,6,8,10H2,1-2H3. The van der Waals surface area contributed by atoms with E-state index in [9.17, 15) is 0 Å². The Morgan fingerprint density at radius 2 is 2.15 bits per heavy atom. The molecule has 0 radical (unpaired) electrons. The van der Waals surface area contributed by atoms with Gasteiger partial charge in [0, 0.05) is 25.5 Å². The van der Waals surface area contributed by atoms with E-state index in [1.54, 1.807) is 0 Å². The van der Waals surface area contributed by atoms with Gasteiger partial charge in [-0.25, -0.2) is 4.98 Å². The van der Waals surface area contributed by atoms with E-state index in [4.69, 9.17) is 0 Å². The maximum atomic E-state index is 4.56. The number of fused-ring (bicyclic) bond motifs is 1. The van der Waals surface area contributed by atoms with Crippen molar-refractivity contribution in [2.75, 3.05) is 6.54 Å². The number of pyridine rings is 1. The first-order valence-corrected chi connectivity index (χ1v) is 6.86. The summed E-state index contributed by atoms with van der Waals surface area (Å²) in [6.45, 7) is 6.70. The minimum atomic E-state index is 0.817. The number of rotatable bonds is 5. The Kier molecular flexibility index (Phi) is 3.52. The number of hydrogen-bond acceptors (Lipinski definition) is 3. The second kappa shape index (κ2) is 5.46. The van der Waals surface area contributed by atoms with E-state index >= 15 is 0 Å². The number of nitrogens with zero attached hydrogens (tertiary/aromatic N) is 4. The van der Waals surface area contributed by atoms with Crippen molar-refractivity contribution in [3.63, 3.8) is 0 Å². The summed E-state index contributed by atoms with van der Waals surface area (Å²) in [6, 6.07) is 6.08. The lowest BCUT2D eigenvalue weighted by atomic mass is 10.3. The second-order valence-electron chi connectivity index (χ2n) is 5.03. The summed E-state index contributed by atoms with van der Waals surface area (Å²) in [5.74, 6) is 0. The van der Waals surface area contributed by atoms with Crippen LogP contribution in [0.25, 0.3) is 5.65 Å². The van der Waals surface area contributed by atoms with Crippen LogP contribution in [0.5, 0.6) is 0 Å². The number of imidazole rings is 1. The average molecular weight is 269 g/mol. The molecule has 3 aromatic rings. The maximum Gasteiger partial charge on any atom is 0.137 e. The van der Waals surface area contributed by atoms with Gasteiger partial charge in [0.25, 0.3) is 0 Å². The molecule has 104 valence electrons. The Labute approximate surface area is 118 Å². The third-order valence-corrected chi connectivity index (χ3v) is 3.40. The summed E-state index contributed by atoms with van der Waals surface area (Å²) in [6.07, 6.45) is 6.00. The molecule has 0 atom stereocenters. The van der Waals surface area contributed by atoms with E-state index in [-0.39, 0.29) is 0 Å².